The van der Waals surface area contributed by atoms with Gasteiger partial charge in [-0.1, -0.05) is 13.8 Å². The summed E-state index contributed by atoms with van der Waals surface area (Å²) in [5, 5.41) is 13.0. The molecule has 2 N–H and O–H groups in total. The number of esters is 1. The second kappa shape index (κ2) is 6.86. The number of carbonyl (C=O) groups excluding carboxylic acids is 1. The van der Waals surface area contributed by atoms with Gasteiger partial charge in [0, 0.05) is 12.6 Å². The van der Waals surface area contributed by atoms with E-state index in [0.29, 0.717) is 19.4 Å². The normalized spacial score (nSPS) is 18.6. The fourth-order valence-corrected chi connectivity index (χ4v) is 1.43. The lowest BCUT2D eigenvalue weighted by molar-refractivity contribution is -0.145. The minimum atomic E-state index is -0.678. The smallest absolute Gasteiger partial charge is 0.308 e. The van der Waals surface area contributed by atoms with Crippen molar-refractivity contribution in [1.82, 2.24) is 5.32 Å². The third kappa shape index (κ3) is 6.08. The zero-order valence-corrected chi connectivity index (χ0v) is 11.0. The van der Waals surface area contributed by atoms with E-state index in [9.17, 15) is 9.90 Å². The van der Waals surface area contributed by atoms with Crippen molar-refractivity contribution in [2.75, 3.05) is 13.7 Å². The second-order valence-corrected chi connectivity index (χ2v) is 4.79. The molecule has 4 heteroatoms. The summed E-state index contributed by atoms with van der Waals surface area (Å²) in [6.45, 7) is 8.14. The van der Waals surface area contributed by atoms with Gasteiger partial charge in [0.1, 0.15) is 0 Å². The van der Waals surface area contributed by atoms with Crippen LogP contribution in [0.5, 0.6) is 0 Å². The van der Waals surface area contributed by atoms with Crippen LogP contribution < -0.4 is 5.32 Å². The predicted octanol–water partition coefficient (Wildman–Crippen LogP) is 1.32. The van der Waals surface area contributed by atoms with Gasteiger partial charge in [-0.3, -0.25) is 4.79 Å². The molecule has 0 aromatic heterocycles. The highest BCUT2D eigenvalue weighted by atomic mass is 16.5. The van der Waals surface area contributed by atoms with Gasteiger partial charge in [0.05, 0.1) is 18.6 Å². The molecule has 96 valence electrons. The highest BCUT2D eigenvalue weighted by Crippen LogP contribution is 2.10. The first-order valence-electron chi connectivity index (χ1n) is 5.86. The summed E-state index contributed by atoms with van der Waals surface area (Å²) in [7, 11) is 1.40. The molecule has 0 aromatic rings. The van der Waals surface area contributed by atoms with Gasteiger partial charge in [-0.05, 0) is 26.7 Å². The van der Waals surface area contributed by atoms with Crippen molar-refractivity contribution < 1.29 is 14.6 Å². The Morgan fingerprint density at radius 1 is 1.50 bits per heavy atom. The third-order valence-electron chi connectivity index (χ3n) is 2.90. The molecule has 0 saturated heterocycles. The van der Waals surface area contributed by atoms with Gasteiger partial charge in [0.15, 0.2) is 0 Å². The largest absolute Gasteiger partial charge is 0.469 e. The Hall–Kier alpha value is -0.610. The average Bonchev–Trinajstić information content (AvgIpc) is 2.25. The molecule has 0 bridgehead atoms. The zero-order chi connectivity index (χ0) is 12.8. The highest BCUT2D eigenvalue weighted by Gasteiger charge is 2.20. The van der Waals surface area contributed by atoms with Gasteiger partial charge in [0.2, 0.25) is 0 Å². The molecule has 0 amide bonds. The molecule has 0 rings (SSSR count). The Kier molecular flexibility index (Phi) is 6.60. The topological polar surface area (TPSA) is 58.6 Å². The molecule has 4 nitrogen and oxygen atoms in total. The van der Waals surface area contributed by atoms with Gasteiger partial charge < -0.3 is 15.2 Å². The summed E-state index contributed by atoms with van der Waals surface area (Å²) in [6.07, 6.45) is 1.42. The Labute approximate surface area is 98.4 Å². The molecule has 0 spiro atoms. The molecule has 0 saturated carbocycles. The molecule has 16 heavy (non-hydrogen) atoms. The quantitative estimate of drug-likeness (QED) is 0.649. The van der Waals surface area contributed by atoms with Crippen LogP contribution in [-0.4, -0.2) is 36.4 Å². The monoisotopic (exact) mass is 231 g/mol. The number of hydrogen-bond donors (Lipinski definition) is 2. The summed E-state index contributed by atoms with van der Waals surface area (Å²) in [6, 6.07) is 0.187. The summed E-state index contributed by atoms with van der Waals surface area (Å²) in [4.78, 5) is 11.2. The summed E-state index contributed by atoms with van der Waals surface area (Å²) < 4.78 is 4.66. The van der Waals surface area contributed by atoms with E-state index in [2.05, 4.69) is 10.1 Å². The van der Waals surface area contributed by atoms with Crippen LogP contribution in [0.2, 0.25) is 0 Å². The molecule has 0 heterocycles. The van der Waals surface area contributed by atoms with Gasteiger partial charge in [0.25, 0.3) is 0 Å². The second-order valence-electron chi connectivity index (χ2n) is 4.79. The maximum absolute atomic E-state index is 11.2. The van der Waals surface area contributed by atoms with Crippen LogP contribution in [0.4, 0.5) is 0 Å². The average molecular weight is 231 g/mol. The van der Waals surface area contributed by atoms with E-state index < -0.39 is 5.60 Å². The first-order valence-corrected chi connectivity index (χ1v) is 5.86. The summed E-state index contributed by atoms with van der Waals surface area (Å²) in [5.74, 6) is -0.296. The van der Waals surface area contributed by atoms with Crippen molar-refractivity contribution in [3.63, 3.8) is 0 Å². The fourth-order valence-electron chi connectivity index (χ4n) is 1.43. The van der Waals surface area contributed by atoms with Gasteiger partial charge in [-0.15, -0.1) is 0 Å². The molecule has 3 unspecified atom stereocenters. The molecule has 3 atom stereocenters. The van der Waals surface area contributed by atoms with Gasteiger partial charge in [-0.25, -0.2) is 0 Å². The van der Waals surface area contributed by atoms with Crippen molar-refractivity contribution in [2.24, 2.45) is 5.92 Å². The Morgan fingerprint density at radius 2 is 2.06 bits per heavy atom. The number of hydrogen-bond acceptors (Lipinski definition) is 4. The predicted molar refractivity (Wildman–Crippen MR) is 64.2 cm³/mol. The number of carbonyl (C=O) groups is 1. The van der Waals surface area contributed by atoms with Crippen molar-refractivity contribution >= 4 is 5.97 Å². The maximum atomic E-state index is 11.2. The molecule has 0 radical (unpaired) electrons. The number of nitrogens with one attached hydrogen (secondary N) is 1. The Morgan fingerprint density at radius 3 is 2.50 bits per heavy atom. The van der Waals surface area contributed by atoms with E-state index in [-0.39, 0.29) is 17.9 Å². The first kappa shape index (κ1) is 15.4. The van der Waals surface area contributed by atoms with Crippen molar-refractivity contribution in [3.05, 3.63) is 0 Å². The summed E-state index contributed by atoms with van der Waals surface area (Å²) >= 11 is 0. The minimum absolute atomic E-state index is 0.112. The Balaban J connectivity index is 3.91. The van der Waals surface area contributed by atoms with Crippen LogP contribution in [0.1, 0.15) is 40.5 Å². The van der Waals surface area contributed by atoms with Crippen LogP contribution in [0, 0.1) is 5.92 Å². The molecular formula is C12H25NO3. The number of ether oxygens (including phenoxy) is 1. The molecule has 0 aliphatic heterocycles. The number of methoxy groups -OCH3 is 1. The molecule has 0 aliphatic carbocycles. The SMILES string of the molecule is CCC(C)(O)CNC(C)CC(C)C(=O)OC. The van der Waals surface area contributed by atoms with E-state index in [1.165, 1.54) is 7.11 Å². The lowest BCUT2D eigenvalue weighted by Gasteiger charge is -2.25. The third-order valence-corrected chi connectivity index (χ3v) is 2.90. The molecule has 0 aromatic carbocycles. The van der Waals surface area contributed by atoms with Crippen molar-refractivity contribution in [3.8, 4) is 0 Å². The van der Waals surface area contributed by atoms with Crippen LogP contribution >= 0.6 is 0 Å². The van der Waals surface area contributed by atoms with E-state index in [0.717, 1.165) is 0 Å². The van der Waals surface area contributed by atoms with Gasteiger partial charge >= 0.3 is 5.97 Å². The van der Waals surface area contributed by atoms with E-state index in [1.807, 2.05) is 20.8 Å². The molecule has 0 fully saturated rings. The zero-order valence-electron chi connectivity index (χ0n) is 11.0. The molecular weight excluding hydrogens is 206 g/mol. The van der Waals surface area contributed by atoms with Crippen molar-refractivity contribution in [1.29, 1.82) is 0 Å². The van der Waals surface area contributed by atoms with E-state index in [1.54, 1.807) is 6.92 Å². The Bertz CT molecular complexity index is 216. The first-order chi connectivity index (χ1) is 7.32. The van der Waals surface area contributed by atoms with Crippen LogP contribution in [0.3, 0.4) is 0 Å². The van der Waals surface area contributed by atoms with Crippen molar-refractivity contribution in [2.45, 2.75) is 52.2 Å². The summed E-state index contributed by atoms with van der Waals surface area (Å²) in [5.41, 5.74) is -0.678. The minimum Gasteiger partial charge on any atom is -0.469 e. The van der Waals surface area contributed by atoms with Gasteiger partial charge in [-0.2, -0.15) is 0 Å². The van der Waals surface area contributed by atoms with E-state index >= 15 is 0 Å². The van der Waals surface area contributed by atoms with Crippen LogP contribution in [-0.2, 0) is 9.53 Å². The number of rotatable bonds is 7. The lowest BCUT2D eigenvalue weighted by atomic mass is 10.0. The van der Waals surface area contributed by atoms with Crippen LogP contribution in [0.25, 0.3) is 0 Å². The highest BCUT2D eigenvalue weighted by molar-refractivity contribution is 5.71. The molecule has 0 aliphatic rings. The fraction of sp³-hybridized carbons (Fsp3) is 0.917. The van der Waals surface area contributed by atoms with Crippen LogP contribution in [0.15, 0.2) is 0 Å². The number of aliphatic hydroxyl groups is 1. The standard InChI is InChI=1S/C12H25NO3/c1-6-12(4,15)8-13-10(3)7-9(2)11(14)16-5/h9-10,13,15H,6-8H2,1-5H3. The van der Waals surface area contributed by atoms with E-state index in [4.69, 9.17) is 0 Å². The lowest BCUT2D eigenvalue weighted by Crippen LogP contribution is -2.42. The maximum Gasteiger partial charge on any atom is 0.308 e.